The molecule has 32 heavy (non-hydrogen) atoms. The van der Waals surface area contributed by atoms with Crippen LogP contribution in [0.2, 0.25) is 0 Å². The largest absolute Gasteiger partial charge is 0.444 e. The van der Waals surface area contributed by atoms with Crippen LogP contribution in [0.4, 0.5) is 15.3 Å². The Morgan fingerprint density at radius 1 is 0.938 bits per heavy atom. The molecule has 176 valence electrons. The molecular weight excluding hydrogens is 406 g/mol. The molecule has 0 radical (unpaired) electrons. The van der Waals surface area contributed by atoms with Crippen molar-refractivity contribution in [3.63, 3.8) is 0 Å². The van der Waals surface area contributed by atoms with E-state index in [1.165, 1.54) is 11.3 Å². The molecule has 7 nitrogen and oxygen atoms in total. The lowest BCUT2D eigenvalue weighted by atomic mass is 9.93. The van der Waals surface area contributed by atoms with E-state index < -0.39 is 11.7 Å². The second kappa shape index (κ2) is 10.8. The van der Waals surface area contributed by atoms with E-state index in [9.17, 15) is 14.4 Å². The quantitative estimate of drug-likeness (QED) is 0.611. The number of hydrogen-bond donors (Lipinski definition) is 2. The lowest BCUT2D eigenvalue weighted by Gasteiger charge is -2.34. The van der Waals surface area contributed by atoms with E-state index in [4.69, 9.17) is 4.74 Å². The fourth-order valence-electron chi connectivity index (χ4n) is 4.54. The summed E-state index contributed by atoms with van der Waals surface area (Å²) in [6.07, 6.45) is 9.62. The summed E-state index contributed by atoms with van der Waals surface area (Å²) in [6.45, 7) is 5.37. The molecule has 0 saturated heterocycles. The molecule has 4 amide bonds. The van der Waals surface area contributed by atoms with Gasteiger partial charge in [-0.1, -0.05) is 44.6 Å². The number of amides is 4. The van der Waals surface area contributed by atoms with Crippen LogP contribution in [0.15, 0.2) is 24.3 Å². The van der Waals surface area contributed by atoms with E-state index in [0.29, 0.717) is 11.3 Å². The Morgan fingerprint density at radius 2 is 1.56 bits per heavy atom. The molecule has 0 heterocycles. The first kappa shape index (κ1) is 24.1. The average molecular weight is 444 g/mol. The Balaban J connectivity index is 1.76. The van der Waals surface area contributed by atoms with E-state index in [-0.39, 0.29) is 24.0 Å². The van der Waals surface area contributed by atoms with E-state index in [1.54, 1.807) is 45.0 Å². The Morgan fingerprint density at radius 3 is 2.19 bits per heavy atom. The van der Waals surface area contributed by atoms with Gasteiger partial charge in [0.1, 0.15) is 5.60 Å². The zero-order valence-electron chi connectivity index (χ0n) is 19.6. The maximum absolute atomic E-state index is 13.5. The predicted molar refractivity (Wildman–Crippen MR) is 125 cm³/mol. The molecule has 0 unspecified atom stereocenters. The highest BCUT2D eigenvalue weighted by Gasteiger charge is 2.33. The van der Waals surface area contributed by atoms with Crippen LogP contribution in [0.25, 0.3) is 0 Å². The van der Waals surface area contributed by atoms with Gasteiger partial charge in [-0.25, -0.2) is 9.59 Å². The molecule has 0 aliphatic heterocycles. The standard InChI is InChI=1S/C25H37N3O4/c1-25(2,3)32-24(31)27-20-14-10-11-18(17-20)22(29)28(21-15-8-5-9-16-21)23(30)26-19-12-6-4-7-13-19/h10-11,14,17,19,21H,4-9,12-13,15-16H2,1-3H3,(H,26,30)(H,27,31). The molecule has 1 aromatic carbocycles. The molecule has 0 atom stereocenters. The minimum atomic E-state index is -0.619. The van der Waals surface area contributed by atoms with E-state index in [2.05, 4.69) is 10.6 Å². The topological polar surface area (TPSA) is 87.7 Å². The van der Waals surface area contributed by atoms with Crippen LogP contribution >= 0.6 is 0 Å². The molecular formula is C25H37N3O4. The first-order valence-corrected chi connectivity index (χ1v) is 12.0. The number of ether oxygens (including phenoxy) is 1. The Kier molecular flexibility index (Phi) is 8.15. The molecule has 3 rings (SSSR count). The van der Waals surface area contributed by atoms with Gasteiger partial charge >= 0.3 is 12.1 Å². The minimum Gasteiger partial charge on any atom is -0.444 e. The van der Waals surface area contributed by atoms with Gasteiger partial charge in [-0.15, -0.1) is 0 Å². The van der Waals surface area contributed by atoms with Gasteiger partial charge in [0.2, 0.25) is 0 Å². The molecule has 0 bridgehead atoms. The van der Waals surface area contributed by atoms with Crippen molar-refractivity contribution in [2.45, 2.75) is 103 Å². The number of anilines is 1. The summed E-state index contributed by atoms with van der Waals surface area (Å²) in [5.41, 5.74) is 0.219. The van der Waals surface area contributed by atoms with Crippen LogP contribution in [0.3, 0.4) is 0 Å². The third-order valence-electron chi connectivity index (χ3n) is 6.07. The van der Waals surface area contributed by atoms with Crippen molar-refractivity contribution in [2.75, 3.05) is 5.32 Å². The van der Waals surface area contributed by atoms with Gasteiger partial charge in [-0.05, 0) is 64.7 Å². The maximum atomic E-state index is 13.5. The number of hydrogen-bond acceptors (Lipinski definition) is 4. The third kappa shape index (κ3) is 6.97. The zero-order valence-corrected chi connectivity index (χ0v) is 19.6. The summed E-state index contributed by atoms with van der Waals surface area (Å²) in [6, 6.07) is 6.45. The van der Waals surface area contributed by atoms with Crippen molar-refractivity contribution in [3.8, 4) is 0 Å². The van der Waals surface area contributed by atoms with Crippen LogP contribution < -0.4 is 10.6 Å². The first-order chi connectivity index (χ1) is 15.2. The van der Waals surface area contributed by atoms with Gasteiger partial charge in [0.05, 0.1) is 0 Å². The highest BCUT2D eigenvalue weighted by molar-refractivity contribution is 6.05. The minimum absolute atomic E-state index is 0.0951. The van der Waals surface area contributed by atoms with Gasteiger partial charge in [0, 0.05) is 23.3 Å². The van der Waals surface area contributed by atoms with Crippen molar-refractivity contribution in [1.82, 2.24) is 10.2 Å². The zero-order chi connectivity index (χ0) is 23.1. The fourth-order valence-corrected chi connectivity index (χ4v) is 4.54. The normalized spacial score (nSPS) is 18.0. The highest BCUT2D eigenvalue weighted by Crippen LogP contribution is 2.26. The number of rotatable bonds is 4. The number of carbonyl (C=O) groups is 3. The first-order valence-electron chi connectivity index (χ1n) is 12.0. The monoisotopic (exact) mass is 443 g/mol. The number of carbonyl (C=O) groups excluding carboxylic acids is 3. The summed E-state index contributed by atoms with van der Waals surface area (Å²) in [5, 5.41) is 5.79. The van der Waals surface area contributed by atoms with Crippen molar-refractivity contribution in [2.24, 2.45) is 0 Å². The van der Waals surface area contributed by atoms with Gasteiger partial charge in [0.15, 0.2) is 0 Å². The molecule has 2 N–H and O–H groups in total. The highest BCUT2D eigenvalue weighted by atomic mass is 16.6. The van der Waals surface area contributed by atoms with E-state index >= 15 is 0 Å². The third-order valence-corrected chi connectivity index (χ3v) is 6.07. The number of urea groups is 1. The Bertz CT molecular complexity index is 806. The maximum Gasteiger partial charge on any atom is 0.412 e. The van der Waals surface area contributed by atoms with Crippen molar-refractivity contribution >= 4 is 23.7 Å². The van der Waals surface area contributed by atoms with E-state index in [0.717, 1.165) is 57.8 Å². The van der Waals surface area contributed by atoms with Crippen molar-refractivity contribution < 1.29 is 19.1 Å². The summed E-state index contributed by atoms with van der Waals surface area (Å²) in [7, 11) is 0. The van der Waals surface area contributed by atoms with Gasteiger partial charge in [-0.3, -0.25) is 15.0 Å². The molecule has 2 saturated carbocycles. The molecule has 2 aliphatic rings. The second-order valence-corrected chi connectivity index (χ2v) is 9.96. The summed E-state index contributed by atoms with van der Waals surface area (Å²) in [5.74, 6) is -0.321. The van der Waals surface area contributed by atoms with Crippen LogP contribution in [0.5, 0.6) is 0 Å². The number of benzene rings is 1. The van der Waals surface area contributed by atoms with Gasteiger partial charge in [0.25, 0.3) is 5.91 Å². The molecule has 7 heteroatoms. The number of nitrogens with zero attached hydrogens (tertiary/aromatic N) is 1. The smallest absolute Gasteiger partial charge is 0.412 e. The van der Waals surface area contributed by atoms with Crippen LogP contribution in [0, 0.1) is 0 Å². The van der Waals surface area contributed by atoms with Crippen LogP contribution in [0.1, 0.15) is 95.3 Å². The Hall–Kier alpha value is -2.57. The molecule has 2 fully saturated rings. The number of imide groups is 1. The van der Waals surface area contributed by atoms with Gasteiger partial charge in [-0.2, -0.15) is 0 Å². The Labute approximate surface area is 191 Å². The fraction of sp³-hybridized carbons (Fsp3) is 0.640. The predicted octanol–water partition coefficient (Wildman–Crippen LogP) is 5.85. The van der Waals surface area contributed by atoms with Gasteiger partial charge < -0.3 is 10.1 Å². The lowest BCUT2D eigenvalue weighted by molar-refractivity contribution is 0.0633. The van der Waals surface area contributed by atoms with Crippen LogP contribution in [-0.2, 0) is 4.74 Å². The molecule has 0 spiro atoms. The molecule has 0 aromatic heterocycles. The molecule has 1 aromatic rings. The summed E-state index contributed by atoms with van der Waals surface area (Å²) in [4.78, 5) is 40.3. The second-order valence-electron chi connectivity index (χ2n) is 9.96. The van der Waals surface area contributed by atoms with Crippen molar-refractivity contribution in [3.05, 3.63) is 29.8 Å². The van der Waals surface area contributed by atoms with Crippen molar-refractivity contribution in [1.29, 1.82) is 0 Å². The molecule has 2 aliphatic carbocycles. The summed E-state index contributed by atoms with van der Waals surface area (Å²) >= 11 is 0. The number of nitrogens with one attached hydrogen (secondary N) is 2. The van der Waals surface area contributed by atoms with E-state index in [1.807, 2.05) is 0 Å². The average Bonchev–Trinajstić information content (AvgIpc) is 2.74. The summed E-state index contributed by atoms with van der Waals surface area (Å²) < 4.78 is 5.30. The SMILES string of the molecule is CC(C)(C)OC(=O)Nc1cccc(C(=O)N(C(=O)NC2CCCCC2)C2CCCCC2)c1. The lowest BCUT2D eigenvalue weighted by Crippen LogP contribution is -2.52. The van der Waals surface area contributed by atoms with Crippen LogP contribution in [-0.4, -0.2) is 40.6 Å².